The maximum atomic E-state index is 11.7. The maximum absolute atomic E-state index is 11.7. The third-order valence-electron chi connectivity index (χ3n) is 2.54. The van der Waals surface area contributed by atoms with E-state index in [0.29, 0.717) is 0 Å². The normalized spacial score (nSPS) is 16.6. The van der Waals surface area contributed by atoms with Crippen molar-refractivity contribution in [3.63, 3.8) is 0 Å². The van der Waals surface area contributed by atoms with Gasteiger partial charge in [-0.3, -0.25) is 14.2 Å². The first-order chi connectivity index (χ1) is 9.06. The fraction of sp³-hybridized carbons (Fsp3) is 0.727. The van der Waals surface area contributed by atoms with Crippen LogP contribution in [0.1, 0.15) is 26.7 Å². The van der Waals surface area contributed by atoms with Crippen LogP contribution in [-0.4, -0.2) is 52.7 Å². The second-order valence-electron chi connectivity index (χ2n) is 4.61. The molecule has 116 valence electrons. The van der Waals surface area contributed by atoms with Crippen molar-refractivity contribution in [2.45, 2.75) is 38.8 Å². The quantitative estimate of drug-likeness (QED) is 0.457. The van der Waals surface area contributed by atoms with Gasteiger partial charge in [0.1, 0.15) is 12.1 Å². The minimum atomic E-state index is -3.34. The van der Waals surface area contributed by atoms with Gasteiger partial charge in [-0.15, -0.1) is 0 Å². The molecule has 0 aromatic heterocycles. The van der Waals surface area contributed by atoms with Crippen LogP contribution in [0.2, 0.25) is 0 Å². The molecule has 0 bridgehead atoms. The molecule has 20 heavy (non-hydrogen) atoms. The van der Waals surface area contributed by atoms with Gasteiger partial charge in [-0.1, -0.05) is 6.92 Å². The van der Waals surface area contributed by atoms with Gasteiger partial charge < -0.3 is 20.6 Å². The summed E-state index contributed by atoms with van der Waals surface area (Å²) in [6.07, 6.45) is -0.150. The molecule has 0 fully saturated rings. The summed E-state index contributed by atoms with van der Waals surface area (Å²) in [6.45, 7) is 4.18. The van der Waals surface area contributed by atoms with Gasteiger partial charge in [0, 0.05) is 19.2 Å². The van der Waals surface area contributed by atoms with E-state index in [4.69, 9.17) is 10.00 Å². The second kappa shape index (κ2) is 8.01. The summed E-state index contributed by atoms with van der Waals surface area (Å²) in [5.74, 6) is -2.27. The van der Waals surface area contributed by atoms with E-state index in [9.17, 15) is 18.9 Å². The van der Waals surface area contributed by atoms with Crippen LogP contribution in [-0.2, 0) is 18.9 Å². The lowest BCUT2D eigenvalue weighted by atomic mass is 10.2. The zero-order valence-electron chi connectivity index (χ0n) is 11.8. The van der Waals surface area contributed by atoms with Gasteiger partial charge in [0.25, 0.3) is 0 Å². The lowest BCUT2D eigenvalue weighted by molar-refractivity contribution is -0.142. The molecule has 0 spiro atoms. The molecule has 0 aliphatic carbocycles. The molecule has 0 aliphatic heterocycles. The standard InChI is InChI=1S/C11H21N2O6P/c1-4-9(14)12-7(2)10(15)13-8(11(16)17)5-6-20(3,18)19/h7-8H,4-6H2,1-3H3,(H,12,14)(H,13,15)(H,16,17)(H,18,19)/t7-,8+/m0/s1. The molecular formula is C11H21N2O6P. The summed E-state index contributed by atoms with van der Waals surface area (Å²) in [4.78, 5) is 43.0. The number of hydrogen-bond acceptors (Lipinski definition) is 4. The lowest BCUT2D eigenvalue weighted by Gasteiger charge is -2.19. The van der Waals surface area contributed by atoms with Gasteiger partial charge in [0.05, 0.1) is 0 Å². The molecule has 0 aromatic carbocycles. The Balaban J connectivity index is 4.51. The van der Waals surface area contributed by atoms with E-state index in [1.165, 1.54) is 6.92 Å². The molecule has 3 atom stereocenters. The highest BCUT2D eigenvalue weighted by atomic mass is 31.2. The Morgan fingerprint density at radius 1 is 1.25 bits per heavy atom. The van der Waals surface area contributed by atoms with E-state index in [2.05, 4.69) is 10.6 Å². The fourth-order valence-electron chi connectivity index (χ4n) is 1.33. The molecular weight excluding hydrogens is 287 g/mol. The van der Waals surface area contributed by atoms with Crippen LogP contribution in [0.5, 0.6) is 0 Å². The molecule has 0 rings (SSSR count). The molecule has 0 radical (unpaired) electrons. The predicted molar refractivity (Wildman–Crippen MR) is 72.7 cm³/mol. The van der Waals surface area contributed by atoms with Crippen molar-refractivity contribution in [3.05, 3.63) is 0 Å². The van der Waals surface area contributed by atoms with Crippen molar-refractivity contribution < 1.29 is 28.9 Å². The van der Waals surface area contributed by atoms with E-state index in [0.717, 1.165) is 6.66 Å². The Hall–Kier alpha value is -1.40. The molecule has 0 saturated heterocycles. The fourth-order valence-corrected chi connectivity index (χ4v) is 2.07. The number of aliphatic carboxylic acids is 1. The van der Waals surface area contributed by atoms with E-state index < -0.39 is 31.3 Å². The smallest absolute Gasteiger partial charge is 0.326 e. The number of carbonyl (C=O) groups is 3. The van der Waals surface area contributed by atoms with Gasteiger partial charge in [-0.25, -0.2) is 4.79 Å². The zero-order valence-corrected chi connectivity index (χ0v) is 12.6. The average molecular weight is 308 g/mol. The Kier molecular flexibility index (Phi) is 7.45. The second-order valence-corrected chi connectivity index (χ2v) is 7.15. The van der Waals surface area contributed by atoms with Crippen LogP contribution < -0.4 is 10.6 Å². The molecule has 0 aliphatic rings. The third-order valence-corrected chi connectivity index (χ3v) is 3.63. The van der Waals surface area contributed by atoms with Crippen LogP contribution in [0.3, 0.4) is 0 Å². The molecule has 0 aromatic rings. The summed E-state index contributed by atoms with van der Waals surface area (Å²) >= 11 is 0. The molecule has 2 amide bonds. The van der Waals surface area contributed by atoms with Crippen molar-refractivity contribution >= 4 is 25.2 Å². The van der Waals surface area contributed by atoms with Crippen LogP contribution in [0.25, 0.3) is 0 Å². The Morgan fingerprint density at radius 2 is 1.80 bits per heavy atom. The molecule has 0 heterocycles. The monoisotopic (exact) mass is 308 g/mol. The number of carboxylic acid groups (broad SMARTS) is 1. The SMILES string of the molecule is CCC(=O)N[C@@H](C)C(=O)N[C@H](CCP(C)(=O)O)C(=O)O. The first kappa shape index (κ1) is 18.6. The Morgan fingerprint density at radius 3 is 2.20 bits per heavy atom. The van der Waals surface area contributed by atoms with Gasteiger partial charge in [-0.2, -0.15) is 0 Å². The lowest BCUT2D eigenvalue weighted by Crippen LogP contribution is -2.50. The summed E-state index contributed by atoms with van der Waals surface area (Å²) < 4.78 is 11.1. The Labute approximate surface area is 117 Å². The first-order valence-electron chi connectivity index (χ1n) is 6.18. The van der Waals surface area contributed by atoms with Crippen molar-refractivity contribution in [2.75, 3.05) is 12.8 Å². The first-order valence-corrected chi connectivity index (χ1v) is 8.47. The number of amides is 2. The van der Waals surface area contributed by atoms with E-state index in [1.807, 2.05) is 0 Å². The van der Waals surface area contributed by atoms with E-state index in [1.54, 1.807) is 6.92 Å². The van der Waals surface area contributed by atoms with E-state index in [-0.39, 0.29) is 24.9 Å². The van der Waals surface area contributed by atoms with Crippen LogP contribution in [0.4, 0.5) is 0 Å². The van der Waals surface area contributed by atoms with Crippen LogP contribution in [0, 0.1) is 0 Å². The zero-order chi connectivity index (χ0) is 15.9. The van der Waals surface area contributed by atoms with Crippen molar-refractivity contribution in [1.82, 2.24) is 10.6 Å². The van der Waals surface area contributed by atoms with Gasteiger partial charge in [0.15, 0.2) is 7.37 Å². The van der Waals surface area contributed by atoms with E-state index >= 15 is 0 Å². The minimum Gasteiger partial charge on any atom is -0.480 e. The topological polar surface area (TPSA) is 133 Å². The number of carbonyl (C=O) groups excluding carboxylic acids is 2. The molecule has 0 saturated carbocycles. The van der Waals surface area contributed by atoms with Gasteiger partial charge in [-0.05, 0) is 13.3 Å². The number of hydrogen-bond donors (Lipinski definition) is 4. The Bertz CT molecular complexity index is 419. The van der Waals surface area contributed by atoms with Crippen molar-refractivity contribution in [2.24, 2.45) is 0 Å². The number of rotatable bonds is 8. The largest absolute Gasteiger partial charge is 0.480 e. The molecule has 8 nitrogen and oxygen atoms in total. The third kappa shape index (κ3) is 7.91. The number of carboxylic acids is 1. The summed E-state index contributed by atoms with van der Waals surface area (Å²) in [6, 6.07) is -2.13. The molecule has 1 unspecified atom stereocenters. The summed E-state index contributed by atoms with van der Waals surface area (Å²) in [7, 11) is -3.34. The van der Waals surface area contributed by atoms with Crippen molar-refractivity contribution in [3.8, 4) is 0 Å². The maximum Gasteiger partial charge on any atom is 0.326 e. The number of nitrogens with one attached hydrogen (secondary N) is 2. The average Bonchev–Trinajstić information content (AvgIpc) is 2.32. The minimum absolute atomic E-state index is 0.153. The van der Waals surface area contributed by atoms with Gasteiger partial charge >= 0.3 is 5.97 Å². The molecule has 4 N–H and O–H groups in total. The molecule has 9 heteroatoms. The predicted octanol–water partition coefficient (Wildman–Crippen LogP) is -0.239. The summed E-state index contributed by atoms with van der Waals surface area (Å²) in [5, 5.41) is 13.6. The highest BCUT2D eigenvalue weighted by molar-refractivity contribution is 7.57. The van der Waals surface area contributed by atoms with Crippen molar-refractivity contribution in [1.29, 1.82) is 0 Å². The van der Waals surface area contributed by atoms with Crippen LogP contribution >= 0.6 is 7.37 Å². The summed E-state index contributed by atoms with van der Waals surface area (Å²) in [5.41, 5.74) is 0. The van der Waals surface area contributed by atoms with Crippen LogP contribution in [0.15, 0.2) is 0 Å². The van der Waals surface area contributed by atoms with Gasteiger partial charge in [0.2, 0.25) is 11.8 Å². The highest BCUT2D eigenvalue weighted by Crippen LogP contribution is 2.35. The highest BCUT2D eigenvalue weighted by Gasteiger charge is 2.25.